The smallest absolute Gasteiger partial charge is 0.447 e. The number of nitrogens with two attached hydrogens (primary N) is 1. The van der Waals surface area contributed by atoms with E-state index >= 15 is 0 Å². The third kappa shape index (κ3) is 13.8. The fraction of sp³-hybridized carbons (Fsp3) is 0.367. The molecule has 3 aromatic rings. The van der Waals surface area contributed by atoms with Gasteiger partial charge in [-0.25, -0.2) is 23.5 Å². The highest BCUT2D eigenvalue weighted by molar-refractivity contribution is 7.46. The molecule has 48 heavy (non-hydrogen) atoms. The minimum Gasteiger partial charge on any atom is -0.447 e. The summed E-state index contributed by atoms with van der Waals surface area (Å²) in [5.41, 5.74) is 5.65. The van der Waals surface area contributed by atoms with Gasteiger partial charge in [-0.05, 0) is 42.3 Å². The number of hydrogen-bond donors (Lipinski definition) is 6. The monoisotopic (exact) mass is 711 g/mol. The van der Waals surface area contributed by atoms with Crippen molar-refractivity contribution >= 4 is 60.0 Å². The molecule has 1 heterocycles. The van der Waals surface area contributed by atoms with Crippen LogP contribution in [0.1, 0.15) is 32.3 Å². The second-order valence-corrected chi connectivity index (χ2v) is 11.7. The first kappa shape index (κ1) is 39.8. The van der Waals surface area contributed by atoms with E-state index in [4.69, 9.17) is 31.9 Å². The number of carbonyl (C=O) groups is 3. The Morgan fingerprint density at radius 3 is 2.60 bits per heavy atom. The maximum atomic E-state index is 13.9. The van der Waals surface area contributed by atoms with E-state index in [1.807, 2.05) is 24.3 Å². The summed E-state index contributed by atoms with van der Waals surface area (Å²) in [4.78, 5) is 64.6. The van der Waals surface area contributed by atoms with Crippen LogP contribution < -0.4 is 21.7 Å². The molecule has 2 aromatic carbocycles. The van der Waals surface area contributed by atoms with Crippen LogP contribution in [0, 0.1) is 5.82 Å². The number of pyridine rings is 1. The third-order valence-corrected chi connectivity index (χ3v) is 7.65. The predicted molar refractivity (Wildman–Crippen MR) is 180 cm³/mol. The number of phosphoric ester groups is 1. The van der Waals surface area contributed by atoms with Crippen molar-refractivity contribution in [1.82, 2.24) is 20.5 Å². The summed E-state index contributed by atoms with van der Waals surface area (Å²) in [5, 5.41) is 9.21. The lowest BCUT2D eigenvalue weighted by Gasteiger charge is -2.28. The molecule has 0 saturated carbocycles. The number of anilines is 1. The van der Waals surface area contributed by atoms with Crippen molar-refractivity contribution in [3.05, 3.63) is 71.1 Å². The van der Waals surface area contributed by atoms with Crippen molar-refractivity contribution in [2.75, 3.05) is 38.7 Å². The quantitative estimate of drug-likeness (QED) is 0.0572. The molecule has 0 fully saturated rings. The molecule has 0 radical (unpaired) electrons. The van der Waals surface area contributed by atoms with Gasteiger partial charge in [-0.15, -0.1) is 0 Å². The van der Waals surface area contributed by atoms with Gasteiger partial charge in [0.2, 0.25) is 5.91 Å². The number of aliphatic imine (C=N–C) groups is 1. The van der Waals surface area contributed by atoms with Gasteiger partial charge in [0, 0.05) is 38.1 Å². The molecular weight excluding hydrogens is 672 g/mol. The Morgan fingerprint density at radius 2 is 1.90 bits per heavy atom. The van der Waals surface area contributed by atoms with Crippen LogP contribution in [0.25, 0.3) is 10.8 Å². The minimum atomic E-state index is -4.67. The standard InChI is InChI=1S/C29H36ClFN7O8P.CH4/c1-38(25(39)12-11-19-8-4-10-23(31)26(19)30)22(9-5-13-33-28(37-27(32)40)34-14-15-46-47(42,43)44)18-45-29(41)36-24-16-20-6-2-3-7-21(20)17-35-24;/h2-4,6-8,10,16-17,22H,5,9,11-15,18H2,1H3,(H,35,36,41)(H2,42,43,44)(H4,32,33,34,37,40);1H4/t22-;/m0./s1. The van der Waals surface area contributed by atoms with Crippen LogP contribution in [0.5, 0.6) is 0 Å². The van der Waals surface area contributed by atoms with Gasteiger partial charge in [0.15, 0.2) is 5.96 Å². The zero-order valence-corrected chi connectivity index (χ0v) is 27.0. The first-order chi connectivity index (χ1) is 22.3. The summed E-state index contributed by atoms with van der Waals surface area (Å²) in [6.45, 7) is -0.550. The summed E-state index contributed by atoms with van der Waals surface area (Å²) in [7, 11) is -3.12. The van der Waals surface area contributed by atoms with Crippen molar-refractivity contribution in [2.24, 2.45) is 10.7 Å². The summed E-state index contributed by atoms with van der Waals surface area (Å²) >= 11 is 6.04. The fourth-order valence-electron chi connectivity index (χ4n) is 4.32. The second-order valence-electron chi connectivity index (χ2n) is 10.1. The number of carbonyl (C=O) groups excluding carboxylic acids is 3. The van der Waals surface area contributed by atoms with Gasteiger partial charge < -0.3 is 30.5 Å². The van der Waals surface area contributed by atoms with E-state index in [1.165, 1.54) is 17.0 Å². The number of aryl methyl sites for hydroxylation is 1. The third-order valence-electron chi connectivity index (χ3n) is 6.71. The molecule has 262 valence electrons. The summed E-state index contributed by atoms with van der Waals surface area (Å²) < 4.78 is 34.5. The van der Waals surface area contributed by atoms with Crippen LogP contribution >= 0.6 is 19.4 Å². The Morgan fingerprint density at radius 1 is 1.17 bits per heavy atom. The molecule has 0 unspecified atom stereocenters. The number of benzene rings is 2. The topological polar surface area (TPSA) is 218 Å². The highest BCUT2D eigenvalue weighted by Crippen LogP contribution is 2.35. The summed E-state index contributed by atoms with van der Waals surface area (Å²) in [5.74, 6) is -0.665. The summed E-state index contributed by atoms with van der Waals surface area (Å²) in [6.07, 6.45) is 1.68. The Balaban J connectivity index is 0.00000800. The Kier molecular flexibility index (Phi) is 16.2. The number of guanidine groups is 1. The molecule has 0 saturated heterocycles. The first-order valence-electron chi connectivity index (χ1n) is 14.3. The number of primary amides is 1. The number of phosphoric acid groups is 1. The van der Waals surface area contributed by atoms with Crippen molar-refractivity contribution in [3.8, 4) is 0 Å². The molecule has 3 rings (SSSR count). The lowest BCUT2D eigenvalue weighted by molar-refractivity contribution is -0.132. The largest absolute Gasteiger partial charge is 0.469 e. The molecule has 1 atom stereocenters. The Bertz CT molecular complexity index is 1630. The predicted octanol–water partition coefficient (Wildman–Crippen LogP) is 4.18. The van der Waals surface area contributed by atoms with Gasteiger partial charge in [-0.1, -0.05) is 55.4 Å². The van der Waals surface area contributed by atoms with E-state index in [9.17, 15) is 23.3 Å². The number of urea groups is 1. The van der Waals surface area contributed by atoms with Crippen LogP contribution in [-0.2, 0) is 25.0 Å². The molecule has 1 aromatic heterocycles. The number of nitrogens with zero attached hydrogens (tertiary/aromatic N) is 3. The molecule has 0 spiro atoms. The lowest BCUT2D eigenvalue weighted by atomic mass is 10.1. The number of fused-ring (bicyclic) bond motifs is 1. The summed E-state index contributed by atoms with van der Waals surface area (Å²) in [6, 6.07) is 12.0. The maximum absolute atomic E-state index is 13.9. The Labute approximate surface area is 282 Å². The van der Waals surface area contributed by atoms with Gasteiger partial charge in [0.05, 0.1) is 17.7 Å². The first-order valence-corrected chi connectivity index (χ1v) is 16.2. The molecule has 7 N–H and O–H groups in total. The average molecular weight is 712 g/mol. The van der Waals surface area contributed by atoms with Crippen molar-refractivity contribution in [3.63, 3.8) is 0 Å². The van der Waals surface area contributed by atoms with Crippen LogP contribution in [-0.4, -0.2) is 83.1 Å². The zero-order chi connectivity index (χ0) is 34.4. The molecule has 0 aliphatic carbocycles. The molecule has 4 amide bonds. The van der Waals surface area contributed by atoms with Gasteiger partial charge in [0.25, 0.3) is 0 Å². The lowest BCUT2D eigenvalue weighted by Crippen LogP contribution is -2.44. The second kappa shape index (κ2) is 19.5. The molecule has 15 nitrogen and oxygen atoms in total. The Hall–Kier alpha value is -4.34. The molecule has 18 heteroatoms. The van der Waals surface area contributed by atoms with E-state index in [0.29, 0.717) is 18.4 Å². The van der Waals surface area contributed by atoms with E-state index in [-0.39, 0.29) is 69.3 Å². The van der Waals surface area contributed by atoms with E-state index in [1.54, 1.807) is 25.4 Å². The number of rotatable bonds is 15. The number of aromatic nitrogens is 1. The normalized spacial score (nSPS) is 12.1. The number of amides is 4. The number of likely N-dealkylation sites (N-methyl/N-ethyl adjacent to an activating group) is 1. The van der Waals surface area contributed by atoms with Gasteiger partial charge >= 0.3 is 19.9 Å². The van der Waals surface area contributed by atoms with E-state index in [0.717, 1.165) is 10.8 Å². The van der Waals surface area contributed by atoms with E-state index in [2.05, 4.69) is 30.5 Å². The van der Waals surface area contributed by atoms with E-state index < -0.39 is 31.8 Å². The van der Waals surface area contributed by atoms with Crippen LogP contribution in [0.3, 0.4) is 0 Å². The number of hydrogen-bond acceptors (Lipinski definition) is 8. The van der Waals surface area contributed by atoms with Crippen LogP contribution in [0.2, 0.25) is 5.02 Å². The maximum Gasteiger partial charge on any atom is 0.469 e. The highest BCUT2D eigenvalue weighted by Gasteiger charge is 2.22. The minimum absolute atomic E-state index is 0. The van der Waals surface area contributed by atoms with Crippen molar-refractivity contribution in [2.45, 2.75) is 39.2 Å². The molecular formula is C30H40ClFN7O8P. The molecule has 0 bridgehead atoms. The van der Waals surface area contributed by atoms with Gasteiger partial charge in [0.1, 0.15) is 18.2 Å². The molecule has 0 aliphatic rings. The van der Waals surface area contributed by atoms with Crippen LogP contribution in [0.4, 0.5) is 19.8 Å². The number of ether oxygens (including phenoxy) is 1. The van der Waals surface area contributed by atoms with Crippen molar-refractivity contribution in [1.29, 1.82) is 0 Å². The number of nitrogens with one attached hydrogen (secondary N) is 3. The number of halogens is 2. The van der Waals surface area contributed by atoms with Gasteiger partial charge in [-0.2, -0.15) is 0 Å². The molecule has 0 aliphatic heterocycles. The average Bonchev–Trinajstić information content (AvgIpc) is 3.02. The highest BCUT2D eigenvalue weighted by atomic mass is 35.5. The van der Waals surface area contributed by atoms with Gasteiger partial charge in [-0.3, -0.25) is 24.9 Å². The SMILES string of the molecule is C.CN(C(=O)CCc1cccc(F)c1Cl)[C@@H](CCCN=C(NCCOP(=O)(O)O)NC(N)=O)COC(=O)Nc1cc2ccccc2cn1. The zero-order valence-electron chi connectivity index (χ0n) is 25.4. The van der Waals surface area contributed by atoms with Crippen molar-refractivity contribution < 1.29 is 42.4 Å². The van der Waals surface area contributed by atoms with Crippen LogP contribution in [0.15, 0.2) is 59.7 Å². The fourth-order valence-corrected chi connectivity index (χ4v) is 4.87.